The Morgan fingerprint density at radius 3 is 2.59 bits per heavy atom. The van der Waals surface area contributed by atoms with Crippen LogP contribution in [0, 0.1) is 6.92 Å². The summed E-state index contributed by atoms with van der Waals surface area (Å²) >= 11 is 0. The highest BCUT2D eigenvalue weighted by Gasteiger charge is 2.09. The zero-order chi connectivity index (χ0) is 19.9. The third-order valence-corrected chi connectivity index (χ3v) is 4.95. The third-order valence-electron chi connectivity index (χ3n) is 4.95. The SMILES string of the molecule is CN=C(NCCCc1cn(-c2ccccc2)nc1C)N(C)Cc1cccn1C.I. The number of halogens is 1. The number of benzene rings is 1. The normalized spacial score (nSPS) is 11.2. The molecule has 3 rings (SSSR count). The number of aromatic nitrogens is 3. The number of aryl methyl sites for hydroxylation is 3. The molecule has 1 N–H and O–H groups in total. The number of rotatable bonds is 7. The van der Waals surface area contributed by atoms with E-state index in [1.165, 1.54) is 11.3 Å². The largest absolute Gasteiger partial charge is 0.356 e. The summed E-state index contributed by atoms with van der Waals surface area (Å²) in [6.07, 6.45) is 6.22. The predicted molar refractivity (Wildman–Crippen MR) is 130 cm³/mol. The van der Waals surface area contributed by atoms with Crippen molar-refractivity contribution in [3.63, 3.8) is 0 Å². The Bertz CT molecular complexity index is 913. The second-order valence-electron chi connectivity index (χ2n) is 7.06. The lowest BCUT2D eigenvalue weighted by Crippen LogP contribution is -2.39. The molecule has 1 aromatic carbocycles. The predicted octanol–water partition coefficient (Wildman–Crippen LogP) is 3.78. The van der Waals surface area contributed by atoms with E-state index in [0.717, 1.165) is 43.3 Å². The monoisotopic (exact) mass is 506 g/mol. The summed E-state index contributed by atoms with van der Waals surface area (Å²) in [7, 11) is 5.96. The molecule has 0 amide bonds. The minimum Gasteiger partial charge on any atom is -0.356 e. The van der Waals surface area contributed by atoms with Gasteiger partial charge < -0.3 is 14.8 Å². The summed E-state index contributed by atoms with van der Waals surface area (Å²) in [4.78, 5) is 6.56. The van der Waals surface area contributed by atoms with Crippen molar-refractivity contribution >= 4 is 29.9 Å². The standard InChI is InChI=1S/C22H30N6.HI/c1-18-19(16-28(25-18)20-11-6-5-7-12-20)10-8-14-24-22(23-2)27(4)17-21-13-9-15-26(21)3;/h5-7,9,11-13,15-16H,8,10,14,17H2,1-4H3,(H,23,24);1H. The molecule has 0 saturated carbocycles. The zero-order valence-electron chi connectivity index (χ0n) is 17.7. The Balaban J connectivity index is 0.00000300. The summed E-state index contributed by atoms with van der Waals surface area (Å²) in [6.45, 7) is 3.78. The van der Waals surface area contributed by atoms with Gasteiger partial charge in [0, 0.05) is 45.8 Å². The molecule has 0 aliphatic heterocycles. The number of hydrogen-bond acceptors (Lipinski definition) is 2. The number of hydrogen-bond donors (Lipinski definition) is 1. The lowest BCUT2D eigenvalue weighted by molar-refractivity contribution is 0.461. The second kappa shape index (κ2) is 11.0. The van der Waals surface area contributed by atoms with Gasteiger partial charge in [-0.1, -0.05) is 18.2 Å². The first-order chi connectivity index (χ1) is 13.6. The molecule has 0 radical (unpaired) electrons. The average molecular weight is 506 g/mol. The lowest BCUT2D eigenvalue weighted by Gasteiger charge is -2.22. The van der Waals surface area contributed by atoms with Crippen LogP contribution in [0.15, 0.2) is 59.9 Å². The van der Waals surface area contributed by atoms with Crippen LogP contribution in [0.4, 0.5) is 0 Å². The van der Waals surface area contributed by atoms with Crippen LogP contribution in [-0.4, -0.2) is 45.8 Å². The first kappa shape index (κ1) is 23.0. The molecule has 156 valence electrons. The van der Waals surface area contributed by atoms with E-state index in [4.69, 9.17) is 0 Å². The van der Waals surface area contributed by atoms with Crippen molar-refractivity contribution in [1.82, 2.24) is 24.6 Å². The highest BCUT2D eigenvalue weighted by Crippen LogP contribution is 2.13. The smallest absolute Gasteiger partial charge is 0.193 e. The maximum atomic E-state index is 4.65. The first-order valence-electron chi connectivity index (χ1n) is 9.71. The van der Waals surface area contributed by atoms with Crippen LogP contribution in [0.1, 0.15) is 23.4 Å². The summed E-state index contributed by atoms with van der Waals surface area (Å²) in [6, 6.07) is 14.4. The van der Waals surface area contributed by atoms with Gasteiger partial charge in [0.25, 0.3) is 0 Å². The van der Waals surface area contributed by atoms with Gasteiger partial charge in [0.15, 0.2) is 5.96 Å². The number of nitrogens with zero attached hydrogens (tertiary/aromatic N) is 5. The van der Waals surface area contributed by atoms with Gasteiger partial charge in [-0.05, 0) is 49.6 Å². The van der Waals surface area contributed by atoms with Crippen molar-refractivity contribution in [2.75, 3.05) is 20.6 Å². The Kier molecular flexibility index (Phi) is 8.75. The van der Waals surface area contributed by atoms with Crippen molar-refractivity contribution in [1.29, 1.82) is 0 Å². The first-order valence-corrected chi connectivity index (χ1v) is 9.71. The molecule has 6 nitrogen and oxygen atoms in total. The van der Waals surface area contributed by atoms with Gasteiger partial charge in [-0.25, -0.2) is 4.68 Å². The second-order valence-corrected chi connectivity index (χ2v) is 7.06. The zero-order valence-corrected chi connectivity index (χ0v) is 20.0. The maximum absolute atomic E-state index is 4.65. The molecule has 7 heteroatoms. The minimum atomic E-state index is 0. The topological polar surface area (TPSA) is 50.4 Å². The van der Waals surface area contributed by atoms with Crippen LogP contribution < -0.4 is 5.32 Å². The average Bonchev–Trinajstić information content (AvgIpc) is 3.28. The molecular formula is C22H31IN6. The van der Waals surface area contributed by atoms with Crippen LogP contribution >= 0.6 is 24.0 Å². The molecule has 0 fully saturated rings. The number of guanidine groups is 1. The minimum absolute atomic E-state index is 0. The lowest BCUT2D eigenvalue weighted by atomic mass is 10.1. The van der Waals surface area contributed by atoms with Gasteiger partial charge in [0.05, 0.1) is 17.9 Å². The Morgan fingerprint density at radius 1 is 1.17 bits per heavy atom. The fraction of sp³-hybridized carbons (Fsp3) is 0.364. The summed E-state index contributed by atoms with van der Waals surface area (Å²) in [5.74, 6) is 0.915. The Hall–Kier alpha value is -2.29. The van der Waals surface area contributed by atoms with Gasteiger partial charge in [-0.3, -0.25) is 4.99 Å². The van der Waals surface area contributed by atoms with Crippen LogP contribution in [0.2, 0.25) is 0 Å². The summed E-state index contributed by atoms with van der Waals surface area (Å²) in [5, 5.41) is 8.12. The highest BCUT2D eigenvalue weighted by atomic mass is 127. The van der Waals surface area contributed by atoms with Crippen molar-refractivity contribution < 1.29 is 0 Å². The number of aliphatic imine (C=N–C) groups is 1. The Morgan fingerprint density at radius 2 is 1.93 bits per heavy atom. The molecule has 0 atom stereocenters. The van der Waals surface area contributed by atoms with E-state index >= 15 is 0 Å². The Labute approximate surface area is 190 Å². The summed E-state index contributed by atoms with van der Waals surface area (Å²) in [5.41, 5.74) is 4.74. The fourth-order valence-electron chi connectivity index (χ4n) is 3.30. The van der Waals surface area contributed by atoms with Crippen LogP contribution in [-0.2, 0) is 20.0 Å². The van der Waals surface area contributed by atoms with Crippen molar-refractivity contribution in [2.24, 2.45) is 12.0 Å². The van der Waals surface area contributed by atoms with E-state index < -0.39 is 0 Å². The molecule has 0 spiro atoms. The van der Waals surface area contributed by atoms with E-state index in [1.54, 1.807) is 0 Å². The third kappa shape index (κ3) is 6.09. The van der Waals surface area contributed by atoms with E-state index in [9.17, 15) is 0 Å². The highest BCUT2D eigenvalue weighted by molar-refractivity contribution is 14.0. The molecule has 0 aliphatic rings. The van der Waals surface area contributed by atoms with Crippen LogP contribution in [0.3, 0.4) is 0 Å². The van der Waals surface area contributed by atoms with Crippen LogP contribution in [0.5, 0.6) is 0 Å². The number of nitrogens with one attached hydrogen (secondary N) is 1. The molecule has 2 heterocycles. The van der Waals surface area contributed by atoms with E-state index in [2.05, 4.69) is 82.6 Å². The van der Waals surface area contributed by atoms with Gasteiger partial charge >= 0.3 is 0 Å². The fourth-order valence-corrected chi connectivity index (χ4v) is 3.30. The van der Waals surface area contributed by atoms with Gasteiger partial charge in [-0.15, -0.1) is 24.0 Å². The van der Waals surface area contributed by atoms with Crippen molar-refractivity contribution in [3.8, 4) is 5.69 Å². The van der Waals surface area contributed by atoms with E-state index in [0.29, 0.717) is 0 Å². The van der Waals surface area contributed by atoms with Gasteiger partial charge in [0.1, 0.15) is 0 Å². The number of para-hydroxylation sites is 1. The molecule has 3 aromatic rings. The molecule has 29 heavy (non-hydrogen) atoms. The van der Waals surface area contributed by atoms with Crippen molar-refractivity contribution in [3.05, 3.63) is 71.8 Å². The van der Waals surface area contributed by atoms with Gasteiger partial charge in [-0.2, -0.15) is 5.10 Å². The molecule has 0 unspecified atom stereocenters. The van der Waals surface area contributed by atoms with E-state index in [-0.39, 0.29) is 24.0 Å². The maximum Gasteiger partial charge on any atom is 0.193 e. The van der Waals surface area contributed by atoms with Crippen LogP contribution in [0.25, 0.3) is 5.69 Å². The van der Waals surface area contributed by atoms with E-state index in [1.807, 2.05) is 29.9 Å². The quantitative estimate of drug-likeness (QED) is 0.230. The molecule has 0 bridgehead atoms. The van der Waals surface area contributed by atoms with Gasteiger partial charge in [0.2, 0.25) is 0 Å². The molecular weight excluding hydrogens is 475 g/mol. The molecule has 2 aromatic heterocycles. The summed E-state index contributed by atoms with van der Waals surface area (Å²) < 4.78 is 4.10. The molecule has 0 aliphatic carbocycles. The molecule has 0 saturated heterocycles. The van der Waals surface area contributed by atoms with Crippen molar-refractivity contribution in [2.45, 2.75) is 26.3 Å².